The Labute approximate surface area is 153 Å². The van der Waals surface area contributed by atoms with Crippen LogP contribution in [0.2, 0.25) is 0 Å². The van der Waals surface area contributed by atoms with Crippen molar-refractivity contribution in [1.82, 2.24) is 9.55 Å². The van der Waals surface area contributed by atoms with Crippen molar-refractivity contribution in [1.29, 1.82) is 0 Å². The van der Waals surface area contributed by atoms with Crippen molar-refractivity contribution >= 4 is 11.8 Å². The Hall–Kier alpha value is -3.08. The van der Waals surface area contributed by atoms with Gasteiger partial charge in [0.15, 0.2) is 11.5 Å². The molecule has 0 spiro atoms. The summed E-state index contributed by atoms with van der Waals surface area (Å²) in [5.74, 6) is 1.01. The quantitative estimate of drug-likeness (QED) is 0.659. The largest absolute Gasteiger partial charge is 0.461 e. The first-order valence-corrected chi connectivity index (χ1v) is 8.73. The van der Waals surface area contributed by atoms with Crippen LogP contribution in [0.3, 0.4) is 0 Å². The van der Waals surface area contributed by atoms with Crippen molar-refractivity contribution in [3.05, 3.63) is 83.3 Å². The molecule has 0 aliphatic carbocycles. The molecule has 5 nitrogen and oxygen atoms in total. The number of carbonyl (C=O) groups excluding carboxylic acids is 1. The van der Waals surface area contributed by atoms with Gasteiger partial charge in [-0.15, -0.1) is 0 Å². The summed E-state index contributed by atoms with van der Waals surface area (Å²) in [5.41, 5.74) is 2.72. The van der Waals surface area contributed by atoms with Crippen LogP contribution in [0.4, 0.5) is 5.82 Å². The normalized spacial score (nSPS) is 10.5. The molecule has 0 radical (unpaired) electrons. The summed E-state index contributed by atoms with van der Waals surface area (Å²) < 4.78 is 7.04. The predicted molar refractivity (Wildman–Crippen MR) is 102 cm³/mol. The first-order valence-electron chi connectivity index (χ1n) is 8.73. The standard InChI is InChI=1S/C21H23N3O2/c1-3-26-21(25)19-20(22-15-17-12-8-5-9-13-17)23-18(24(19)2)14-16-10-6-4-7-11-16/h4-13,22H,3,14-15H2,1-2H3. The molecule has 0 saturated heterocycles. The Kier molecular flexibility index (Phi) is 5.69. The van der Waals surface area contributed by atoms with Crippen molar-refractivity contribution in [3.8, 4) is 0 Å². The van der Waals surface area contributed by atoms with Gasteiger partial charge in [0.1, 0.15) is 5.82 Å². The lowest BCUT2D eigenvalue weighted by atomic mass is 10.1. The Morgan fingerprint density at radius 1 is 1.04 bits per heavy atom. The summed E-state index contributed by atoms with van der Waals surface area (Å²) in [6.45, 7) is 2.72. The van der Waals surface area contributed by atoms with Crippen LogP contribution >= 0.6 is 0 Å². The van der Waals surface area contributed by atoms with Crippen molar-refractivity contribution in [2.24, 2.45) is 7.05 Å². The van der Waals surface area contributed by atoms with E-state index in [1.807, 2.05) is 60.1 Å². The third-order valence-electron chi connectivity index (χ3n) is 4.16. The maximum atomic E-state index is 12.4. The van der Waals surface area contributed by atoms with Crippen LogP contribution < -0.4 is 5.32 Å². The number of esters is 1. The number of aromatic nitrogens is 2. The second-order valence-corrected chi connectivity index (χ2v) is 6.01. The molecule has 0 atom stereocenters. The van der Waals surface area contributed by atoms with Crippen LogP contribution in [0.1, 0.15) is 34.4 Å². The minimum absolute atomic E-state index is 0.330. The van der Waals surface area contributed by atoms with E-state index in [1.54, 1.807) is 6.92 Å². The number of carbonyl (C=O) groups is 1. The number of hydrogen-bond acceptors (Lipinski definition) is 4. The highest BCUT2D eigenvalue weighted by Gasteiger charge is 2.22. The van der Waals surface area contributed by atoms with Gasteiger partial charge >= 0.3 is 5.97 Å². The molecular weight excluding hydrogens is 326 g/mol. The lowest BCUT2D eigenvalue weighted by Gasteiger charge is -2.08. The summed E-state index contributed by atoms with van der Waals surface area (Å²) in [5, 5.41) is 3.28. The molecule has 0 bridgehead atoms. The average Bonchev–Trinajstić information content (AvgIpc) is 2.97. The molecule has 0 fully saturated rings. The number of hydrogen-bond donors (Lipinski definition) is 1. The van der Waals surface area contributed by atoms with Gasteiger partial charge in [-0.3, -0.25) is 0 Å². The van der Waals surface area contributed by atoms with E-state index in [1.165, 1.54) is 0 Å². The number of nitrogens with zero attached hydrogens (tertiary/aromatic N) is 2. The van der Waals surface area contributed by atoms with Gasteiger partial charge < -0.3 is 14.6 Å². The molecule has 0 aliphatic heterocycles. The molecule has 0 saturated carbocycles. The zero-order valence-electron chi connectivity index (χ0n) is 15.1. The van der Waals surface area contributed by atoms with E-state index < -0.39 is 0 Å². The summed E-state index contributed by atoms with van der Waals surface area (Å²) in [6, 6.07) is 20.1. The average molecular weight is 349 g/mol. The second-order valence-electron chi connectivity index (χ2n) is 6.01. The van der Waals surface area contributed by atoms with Crippen LogP contribution in [0.25, 0.3) is 0 Å². The molecule has 1 N–H and O–H groups in total. The lowest BCUT2D eigenvalue weighted by Crippen LogP contribution is -2.14. The highest BCUT2D eigenvalue weighted by atomic mass is 16.5. The van der Waals surface area contributed by atoms with E-state index in [9.17, 15) is 4.79 Å². The maximum absolute atomic E-state index is 12.4. The van der Waals surface area contributed by atoms with Crippen LogP contribution in [0.5, 0.6) is 0 Å². The topological polar surface area (TPSA) is 56.1 Å². The van der Waals surface area contributed by atoms with Crippen LogP contribution in [-0.2, 0) is 24.8 Å². The van der Waals surface area contributed by atoms with Gasteiger partial charge in [-0.25, -0.2) is 9.78 Å². The van der Waals surface area contributed by atoms with E-state index in [0.717, 1.165) is 17.0 Å². The molecule has 3 aromatic rings. The van der Waals surface area contributed by atoms with Gasteiger partial charge in [-0.05, 0) is 18.1 Å². The highest BCUT2D eigenvalue weighted by Crippen LogP contribution is 2.20. The van der Waals surface area contributed by atoms with E-state index in [0.29, 0.717) is 31.1 Å². The molecule has 3 rings (SSSR count). The number of ether oxygens (including phenoxy) is 1. The highest BCUT2D eigenvalue weighted by molar-refractivity contribution is 5.93. The monoisotopic (exact) mass is 349 g/mol. The molecule has 1 aromatic heterocycles. The summed E-state index contributed by atoms with van der Waals surface area (Å²) in [4.78, 5) is 17.1. The number of benzene rings is 2. The van der Waals surface area contributed by atoms with E-state index in [4.69, 9.17) is 4.74 Å². The molecular formula is C21H23N3O2. The van der Waals surface area contributed by atoms with Crippen LogP contribution in [-0.4, -0.2) is 22.1 Å². The fourth-order valence-corrected chi connectivity index (χ4v) is 2.82. The smallest absolute Gasteiger partial charge is 0.358 e. The van der Waals surface area contributed by atoms with Crippen molar-refractivity contribution in [3.63, 3.8) is 0 Å². The predicted octanol–water partition coefficient (Wildman–Crippen LogP) is 3.80. The first-order chi connectivity index (χ1) is 12.7. The Morgan fingerprint density at radius 2 is 1.65 bits per heavy atom. The van der Waals surface area contributed by atoms with Crippen LogP contribution in [0.15, 0.2) is 60.7 Å². The number of rotatable bonds is 7. The van der Waals surface area contributed by atoms with Gasteiger partial charge in [-0.1, -0.05) is 60.7 Å². The third kappa shape index (κ3) is 4.11. The molecule has 1 heterocycles. The fourth-order valence-electron chi connectivity index (χ4n) is 2.82. The Balaban J connectivity index is 1.88. The summed E-state index contributed by atoms with van der Waals surface area (Å²) in [7, 11) is 1.85. The minimum atomic E-state index is -0.364. The molecule has 0 unspecified atom stereocenters. The van der Waals surface area contributed by atoms with E-state index in [-0.39, 0.29) is 5.97 Å². The van der Waals surface area contributed by atoms with Crippen LogP contribution in [0, 0.1) is 0 Å². The number of anilines is 1. The van der Waals surface area contributed by atoms with E-state index in [2.05, 4.69) is 22.4 Å². The molecule has 26 heavy (non-hydrogen) atoms. The first kappa shape index (κ1) is 17.7. The van der Waals surface area contributed by atoms with Gasteiger partial charge in [0.2, 0.25) is 0 Å². The molecule has 2 aromatic carbocycles. The Morgan fingerprint density at radius 3 is 2.27 bits per heavy atom. The summed E-state index contributed by atoms with van der Waals surface area (Å²) >= 11 is 0. The molecule has 0 amide bonds. The number of nitrogens with one attached hydrogen (secondary N) is 1. The Bertz CT molecular complexity index is 858. The second kappa shape index (κ2) is 8.34. The molecule has 5 heteroatoms. The van der Waals surface area contributed by atoms with Gasteiger partial charge in [-0.2, -0.15) is 0 Å². The van der Waals surface area contributed by atoms with E-state index >= 15 is 0 Å². The summed E-state index contributed by atoms with van der Waals surface area (Å²) in [6.07, 6.45) is 0.650. The molecule has 0 aliphatic rings. The number of imidazole rings is 1. The zero-order valence-corrected chi connectivity index (χ0v) is 15.1. The van der Waals surface area contributed by atoms with Gasteiger partial charge in [0.05, 0.1) is 6.61 Å². The lowest BCUT2D eigenvalue weighted by molar-refractivity contribution is 0.0516. The molecule has 134 valence electrons. The zero-order chi connectivity index (χ0) is 18.4. The van der Waals surface area contributed by atoms with Crippen molar-refractivity contribution in [2.75, 3.05) is 11.9 Å². The van der Waals surface area contributed by atoms with Gasteiger partial charge in [0, 0.05) is 20.0 Å². The van der Waals surface area contributed by atoms with Crippen molar-refractivity contribution < 1.29 is 9.53 Å². The van der Waals surface area contributed by atoms with Crippen molar-refractivity contribution in [2.45, 2.75) is 19.9 Å². The minimum Gasteiger partial charge on any atom is -0.461 e. The van der Waals surface area contributed by atoms with Gasteiger partial charge in [0.25, 0.3) is 0 Å². The SMILES string of the molecule is CCOC(=O)c1c(NCc2ccccc2)nc(Cc2ccccc2)n1C. The third-order valence-corrected chi connectivity index (χ3v) is 4.16. The fraction of sp³-hybridized carbons (Fsp3) is 0.238. The maximum Gasteiger partial charge on any atom is 0.358 e.